The maximum atomic E-state index is 5.81. The number of hydrogen-bond acceptors (Lipinski definition) is 4. The molecule has 1 saturated heterocycles. The minimum atomic E-state index is 0.463. The number of fused-ring (bicyclic) bond motifs is 3. The predicted octanol–water partition coefficient (Wildman–Crippen LogP) is 3.17. The lowest BCUT2D eigenvalue weighted by atomic mass is 10.1. The Bertz CT molecular complexity index is 602. The molecule has 0 aliphatic carbocycles. The van der Waals surface area contributed by atoms with E-state index in [1.807, 2.05) is 23.5 Å². The van der Waals surface area contributed by atoms with E-state index in [2.05, 4.69) is 17.4 Å². The van der Waals surface area contributed by atoms with Crippen LogP contribution in [0.3, 0.4) is 0 Å². The maximum Gasteiger partial charge on any atom is 0.128 e. The molecule has 1 aromatic carbocycles. The maximum absolute atomic E-state index is 5.81. The van der Waals surface area contributed by atoms with Crippen LogP contribution in [0.25, 0.3) is 11.3 Å². The molecule has 1 fully saturated rings. The first-order valence-corrected chi connectivity index (χ1v) is 7.68. The average molecular weight is 272 g/mol. The van der Waals surface area contributed by atoms with Crippen molar-refractivity contribution in [2.45, 2.75) is 25.3 Å². The molecule has 2 aliphatic heterocycles. The fourth-order valence-electron chi connectivity index (χ4n) is 2.84. The number of rotatable bonds is 1. The van der Waals surface area contributed by atoms with Crippen LogP contribution in [0.4, 0.5) is 0 Å². The number of benzene rings is 1. The summed E-state index contributed by atoms with van der Waals surface area (Å²) >= 11 is 1.86. The molecule has 1 unspecified atom stereocenters. The zero-order valence-electron chi connectivity index (χ0n) is 10.7. The van der Waals surface area contributed by atoms with Crippen molar-refractivity contribution in [3.05, 3.63) is 34.2 Å². The van der Waals surface area contributed by atoms with E-state index < -0.39 is 0 Å². The van der Waals surface area contributed by atoms with Crippen LogP contribution >= 0.6 is 11.3 Å². The van der Waals surface area contributed by atoms with Gasteiger partial charge in [-0.15, -0.1) is 11.3 Å². The van der Waals surface area contributed by atoms with E-state index in [0.29, 0.717) is 6.04 Å². The van der Waals surface area contributed by atoms with Gasteiger partial charge in [-0.1, -0.05) is 12.1 Å². The molecular formula is C15H16N2OS. The minimum absolute atomic E-state index is 0.463. The third kappa shape index (κ3) is 1.95. The molecule has 1 N–H and O–H groups in total. The van der Waals surface area contributed by atoms with Crippen molar-refractivity contribution in [3.8, 4) is 17.0 Å². The number of nitrogens with one attached hydrogen (secondary N) is 1. The molecule has 0 amide bonds. The highest BCUT2D eigenvalue weighted by Crippen LogP contribution is 2.39. The molecule has 1 aromatic heterocycles. The second kappa shape index (κ2) is 4.62. The van der Waals surface area contributed by atoms with Gasteiger partial charge in [-0.25, -0.2) is 4.98 Å². The summed E-state index contributed by atoms with van der Waals surface area (Å²) < 4.78 is 5.81. The summed E-state index contributed by atoms with van der Waals surface area (Å²) in [5, 5.41) is 4.79. The predicted molar refractivity (Wildman–Crippen MR) is 76.7 cm³/mol. The molecule has 19 heavy (non-hydrogen) atoms. The molecule has 0 spiro atoms. The van der Waals surface area contributed by atoms with Crippen molar-refractivity contribution in [1.82, 2.24) is 10.3 Å². The normalized spacial score (nSPS) is 21.4. The summed E-state index contributed by atoms with van der Waals surface area (Å²) in [6.45, 7) is 1.87. The average Bonchev–Trinajstić information content (AvgIpc) is 3.06. The lowest BCUT2D eigenvalue weighted by molar-refractivity contribution is 0.327. The Morgan fingerprint density at radius 2 is 2.26 bits per heavy atom. The van der Waals surface area contributed by atoms with E-state index in [4.69, 9.17) is 9.72 Å². The lowest BCUT2D eigenvalue weighted by Crippen LogP contribution is -2.12. The fraction of sp³-hybridized carbons (Fsp3) is 0.400. The monoisotopic (exact) mass is 272 g/mol. The second-order valence-electron chi connectivity index (χ2n) is 5.07. The molecule has 0 saturated carbocycles. The highest BCUT2D eigenvalue weighted by molar-refractivity contribution is 7.12. The van der Waals surface area contributed by atoms with Gasteiger partial charge >= 0.3 is 0 Å². The van der Waals surface area contributed by atoms with Gasteiger partial charge < -0.3 is 10.1 Å². The van der Waals surface area contributed by atoms with Crippen LogP contribution in [-0.4, -0.2) is 18.1 Å². The van der Waals surface area contributed by atoms with Crippen LogP contribution in [0.15, 0.2) is 24.3 Å². The van der Waals surface area contributed by atoms with E-state index in [1.165, 1.54) is 22.7 Å². The van der Waals surface area contributed by atoms with Crippen LogP contribution in [0.1, 0.15) is 28.8 Å². The number of thiazole rings is 1. The van der Waals surface area contributed by atoms with Crippen LogP contribution in [0.2, 0.25) is 0 Å². The number of ether oxygens (including phenoxy) is 1. The van der Waals surface area contributed by atoms with Crippen LogP contribution in [0.5, 0.6) is 5.75 Å². The van der Waals surface area contributed by atoms with Crippen molar-refractivity contribution in [1.29, 1.82) is 0 Å². The molecule has 0 radical (unpaired) electrons. The van der Waals surface area contributed by atoms with E-state index in [0.717, 1.165) is 36.6 Å². The molecule has 0 bridgehead atoms. The Morgan fingerprint density at radius 1 is 1.32 bits per heavy atom. The van der Waals surface area contributed by atoms with Gasteiger partial charge in [-0.05, 0) is 31.5 Å². The zero-order chi connectivity index (χ0) is 12.7. The first kappa shape index (κ1) is 11.4. The van der Waals surface area contributed by atoms with Gasteiger partial charge in [0.05, 0.1) is 18.3 Å². The molecule has 1 atom stereocenters. The number of para-hydroxylation sites is 1. The van der Waals surface area contributed by atoms with E-state index in [-0.39, 0.29) is 0 Å². The van der Waals surface area contributed by atoms with Crippen molar-refractivity contribution >= 4 is 11.3 Å². The summed E-state index contributed by atoms with van der Waals surface area (Å²) in [4.78, 5) is 6.28. The third-order valence-corrected chi connectivity index (χ3v) is 5.03. The number of hydrogen-bond donors (Lipinski definition) is 1. The molecule has 2 aliphatic rings. The Hall–Kier alpha value is -1.39. The first-order chi connectivity index (χ1) is 9.42. The van der Waals surface area contributed by atoms with E-state index in [1.54, 1.807) is 0 Å². The van der Waals surface area contributed by atoms with E-state index in [9.17, 15) is 0 Å². The largest absolute Gasteiger partial charge is 0.493 e. The lowest BCUT2D eigenvalue weighted by Gasteiger charge is -2.07. The van der Waals surface area contributed by atoms with Crippen LogP contribution < -0.4 is 10.1 Å². The van der Waals surface area contributed by atoms with Gasteiger partial charge in [-0.2, -0.15) is 0 Å². The Balaban J connectivity index is 1.81. The van der Waals surface area contributed by atoms with Gasteiger partial charge in [-0.3, -0.25) is 0 Å². The summed E-state index contributed by atoms with van der Waals surface area (Å²) in [5.41, 5.74) is 2.29. The van der Waals surface area contributed by atoms with Crippen LogP contribution in [0, 0.1) is 0 Å². The molecule has 3 heterocycles. The highest BCUT2D eigenvalue weighted by Gasteiger charge is 2.25. The Labute approximate surface area is 116 Å². The van der Waals surface area contributed by atoms with Crippen molar-refractivity contribution in [3.63, 3.8) is 0 Å². The van der Waals surface area contributed by atoms with Crippen LogP contribution in [-0.2, 0) is 6.42 Å². The highest BCUT2D eigenvalue weighted by atomic mass is 32.1. The number of nitrogens with zero attached hydrogens (tertiary/aromatic N) is 1. The summed E-state index contributed by atoms with van der Waals surface area (Å²) in [5.74, 6) is 0.970. The van der Waals surface area contributed by atoms with Gasteiger partial charge in [0.2, 0.25) is 0 Å². The second-order valence-corrected chi connectivity index (χ2v) is 6.18. The Kier molecular flexibility index (Phi) is 2.78. The quantitative estimate of drug-likeness (QED) is 0.866. The van der Waals surface area contributed by atoms with Crippen molar-refractivity contribution < 1.29 is 4.74 Å². The zero-order valence-corrected chi connectivity index (χ0v) is 11.5. The Morgan fingerprint density at radius 3 is 3.16 bits per heavy atom. The molecule has 4 heteroatoms. The standard InChI is InChI=1S/C15H16N2OS/c1-2-6-12-10(4-1)14-13(7-9-18-12)19-15(17-14)11-5-3-8-16-11/h1-2,4,6,11,16H,3,5,7-9H2. The van der Waals surface area contributed by atoms with Gasteiger partial charge in [0.15, 0.2) is 0 Å². The van der Waals surface area contributed by atoms with Gasteiger partial charge in [0.1, 0.15) is 10.8 Å². The topological polar surface area (TPSA) is 34.1 Å². The first-order valence-electron chi connectivity index (χ1n) is 6.87. The SMILES string of the molecule is c1ccc2c(c1)OCCc1sc(C3CCCN3)nc1-2. The summed E-state index contributed by atoms with van der Waals surface area (Å²) in [6, 6.07) is 8.70. The number of aromatic nitrogens is 1. The fourth-order valence-corrected chi connectivity index (χ4v) is 4.01. The van der Waals surface area contributed by atoms with Crippen molar-refractivity contribution in [2.75, 3.05) is 13.2 Å². The molecule has 3 nitrogen and oxygen atoms in total. The van der Waals surface area contributed by atoms with Gasteiger partial charge in [0, 0.05) is 16.9 Å². The minimum Gasteiger partial charge on any atom is -0.493 e. The van der Waals surface area contributed by atoms with Gasteiger partial charge in [0.25, 0.3) is 0 Å². The summed E-state index contributed by atoms with van der Waals surface area (Å²) in [7, 11) is 0. The molecule has 98 valence electrons. The molecular weight excluding hydrogens is 256 g/mol. The molecule has 2 aromatic rings. The summed E-state index contributed by atoms with van der Waals surface area (Å²) in [6.07, 6.45) is 3.44. The smallest absolute Gasteiger partial charge is 0.128 e. The van der Waals surface area contributed by atoms with Crippen molar-refractivity contribution in [2.24, 2.45) is 0 Å². The third-order valence-electron chi connectivity index (χ3n) is 3.80. The van der Waals surface area contributed by atoms with E-state index >= 15 is 0 Å². The molecule has 4 rings (SSSR count).